The number of carbonyl (C=O) groups is 1. The number of hydrogen-bond donors (Lipinski definition) is 1. The molecule has 2 aromatic rings. The van der Waals surface area contributed by atoms with Gasteiger partial charge in [0, 0.05) is 32.0 Å². The van der Waals surface area contributed by atoms with Crippen LogP contribution in [0.4, 0.5) is 0 Å². The molecular formula is C23H29N3O3S. The zero-order valence-corrected chi connectivity index (χ0v) is 18.0. The fourth-order valence-corrected chi connectivity index (χ4v) is 6.55. The van der Waals surface area contributed by atoms with Gasteiger partial charge in [-0.2, -0.15) is 4.31 Å². The maximum absolute atomic E-state index is 13.2. The van der Waals surface area contributed by atoms with Gasteiger partial charge >= 0.3 is 0 Å². The highest BCUT2D eigenvalue weighted by Crippen LogP contribution is 2.48. The van der Waals surface area contributed by atoms with Gasteiger partial charge in [0.2, 0.25) is 15.9 Å². The summed E-state index contributed by atoms with van der Waals surface area (Å²) >= 11 is 0. The van der Waals surface area contributed by atoms with Crippen LogP contribution < -0.4 is 5.32 Å². The molecule has 1 saturated carbocycles. The van der Waals surface area contributed by atoms with Crippen molar-refractivity contribution in [2.45, 2.75) is 43.4 Å². The van der Waals surface area contributed by atoms with Gasteiger partial charge in [-0.3, -0.25) is 9.78 Å². The molecule has 0 bridgehead atoms. The van der Waals surface area contributed by atoms with Gasteiger partial charge in [-0.25, -0.2) is 8.42 Å². The Hall–Kier alpha value is -2.25. The van der Waals surface area contributed by atoms with E-state index in [0.717, 1.165) is 44.1 Å². The lowest BCUT2D eigenvalue weighted by atomic mass is 9.67. The first kappa shape index (κ1) is 21.0. The molecule has 1 spiro atoms. The number of sulfonamides is 1. The second-order valence-electron chi connectivity index (χ2n) is 8.48. The number of aromatic nitrogens is 1. The van der Waals surface area contributed by atoms with Crippen molar-refractivity contribution in [3.05, 3.63) is 60.4 Å². The molecule has 1 aliphatic heterocycles. The van der Waals surface area contributed by atoms with Crippen LogP contribution in [0.3, 0.4) is 0 Å². The standard InChI is InChI=1S/C23H29N3O3S/c27-22(25-16-11-19-9-14-24-15-10-19)21-17-26(18-23(21)12-5-2-6-13-23)30(28,29)20-7-3-1-4-8-20/h1,3-4,7-10,14-15,21H,2,5-6,11-13,16-18H2,(H,25,27). The van der Waals surface area contributed by atoms with Crippen molar-refractivity contribution in [3.63, 3.8) is 0 Å². The second-order valence-corrected chi connectivity index (χ2v) is 10.4. The third kappa shape index (κ3) is 4.27. The van der Waals surface area contributed by atoms with Crippen molar-refractivity contribution in [1.82, 2.24) is 14.6 Å². The maximum Gasteiger partial charge on any atom is 0.243 e. The molecule has 1 amide bonds. The van der Waals surface area contributed by atoms with E-state index in [-0.39, 0.29) is 23.8 Å². The molecule has 1 aromatic heterocycles. The van der Waals surface area contributed by atoms with Crippen LogP contribution in [0.15, 0.2) is 59.8 Å². The van der Waals surface area contributed by atoms with Crippen molar-refractivity contribution in [3.8, 4) is 0 Å². The van der Waals surface area contributed by atoms with E-state index < -0.39 is 10.0 Å². The van der Waals surface area contributed by atoms with Gasteiger partial charge in [0.05, 0.1) is 10.8 Å². The Morgan fingerprint density at radius 1 is 1.07 bits per heavy atom. The Bertz CT molecular complexity index is 958. The van der Waals surface area contributed by atoms with Crippen molar-refractivity contribution >= 4 is 15.9 Å². The summed E-state index contributed by atoms with van der Waals surface area (Å²) in [7, 11) is -3.60. The van der Waals surface area contributed by atoms with Gasteiger partial charge in [-0.1, -0.05) is 37.5 Å². The van der Waals surface area contributed by atoms with Crippen molar-refractivity contribution < 1.29 is 13.2 Å². The quantitative estimate of drug-likeness (QED) is 0.769. The minimum atomic E-state index is -3.60. The molecule has 2 fully saturated rings. The van der Waals surface area contributed by atoms with Crippen LogP contribution in [0.2, 0.25) is 0 Å². The SMILES string of the molecule is O=C(NCCc1ccncc1)C1CN(S(=O)(=O)c2ccccc2)CC12CCCCC2. The molecule has 7 heteroatoms. The number of nitrogens with one attached hydrogen (secondary N) is 1. The van der Waals surface area contributed by atoms with Gasteiger partial charge in [-0.05, 0) is 54.5 Å². The number of nitrogens with zero attached hydrogens (tertiary/aromatic N) is 2. The normalized spacial score (nSPS) is 21.5. The molecular weight excluding hydrogens is 398 g/mol. The molecule has 2 heterocycles. The lowest BCUT2D eigenvalue weighted by Gasteiger charge is -2.37. The first-order chi connectivity index (χ1) is 14.5. The van der Waals surface area contributed by atoms with Crippen LogP contribution in [0.5, 0.6) is 0 Å². The Labute approximate surface area is 178 Å². The van der Waals surface area contributed by atoms with E-state index in [0.29, 0.717) is 18.0 Å². The van der Waals surface area contributed by atoms with Crippen LogP contribution in [-0.2, 0) is 21.2 Å². The highest BCUT2D eigenvalue weighted by molar-refractivity contribution is 7.89. The van der Waals surface area contributed by atoms with E-state index in [1.807, 2.05) is 18.2 Å². The fraction of sp³-hybridized carbons (Fsp3) is 0.478. The molecule has 1 N–H and O–H groups in total. The first-order valence-corrected chi connectivity index (χ1v) is 12.2. The number of hydrogen-bond acceptors (Lipinski definition) is 4. The largest absolute Gasteiger partial charge is 0.355 e. The molecule has 0 radical (unpaired) electrons. The summed E-state index contributed by atoms with van der Waals surface area (Å²) in [6.45, 7) is 1.24. The van der Waals surface area contributed by atoms with E-state index >= 15 is 0 Å². The van der Waals surface area contributed by atoms with E-state index in [9.17, 15) is 13.2 Å². The van der Waals surface area contributed by atoms with Gasteiger partial charge in [0.1, 0.15) is 0 Å². The van der Waals surface area contributed by atoms with Gasteiger partial charge < -0.3 is 5.32 Å². The molecule has 4 rings (SSSR count). The fourth-order valence-electron chi connectivity index (χ4n) is 4.97. The number of benzene rings is 1. The van der Waals surface area contributed by atoms with Crippen LogP contribution in [0, 0.1) is 11.3 Å². The van der Waals surface area contributed by atoms with Crippen molar-refractivity contribution in [1.29, 1.82) is 0 Å². The topological polar surface area (TPSA) is 79.4 Å². The Morgan fingerprint density at radius 2 is 1.77 bits per heavy atom. The molecule has 1 aromatic carbocycles. The highest BCUT2D eigenvalue weighted by atomic mass is 32.2. The minimum Gasteiger partial charge on any atom is -0.355 e. The number of rotatable bonds is 6. The lowest BCUT2D eigenvalue weighted by molar-refractivity contribution is -0.128. The summed E-state index contributed by atoms with van der Waals surface area (Å²) in [5, 5.41) is 3.08. The predicted octanol–water partition coefficient (Wildman–Crippen LogP) is 3.01. The summed E-state index contributed by atoms with van der Waals surface area (Å²) in [6.07, 6.45) is 9.32. The lowest BCUT2D eigenvalue weighted by Crippen LogP contribution is -2.43. The zero-order valence-electron chi connectivity index (χ0n) is 17.2. The van der Waals surface area contributed by atoms with Crippen molar-refractivity contribution in [2.24, 2.45) is 11.3 Å². The summed E-state index contributed by atoms with van der Waals surface area (Å²) in [4.78, 5) is 17.5. The third-order valence-corrected chi connectivity index (χ3v) is 8.45. The van der Waals surface area contributed by atoms with Gasteiger partial charge in [-0.15, -0.1) is 0 Å². The number of carbonyl (C=O) groups excluding carboxylic acids is 1. The van der Waals surface area contributed by atoms with Gasteiger partial charge in [0.15, 0.2) is 0 Å². The summed E-state index contributed by atoms with van der Waals surface area (Å²) in [5.74, 6) is -0.314. The average molecular weight is 428 g/mol. The summed E-state index contributed by atoms with van der Waals surface area (Å²) < 4.78 is 28.0. The Balaban J connectivity index is 1.49. The monoisotopic (exact) mass is 427 g/mol. The number of amides is 1. The highest BCUT2D eigenvalue weighted by Gasteiger charge is 2.52. The van der Waals surface area contributed by atoms with Crippen LogP contribution in [-0.4, -0.2) is 43.2 Å². The third-order valence-electron chi connectivity index (χ3n) is 6.63. The van der Waals surface area contributed by atoms with Crippen LogP contribution >= 0.6 is 0 Å². The summed E-state index contributed by atoms with van der Waals surface area (Å²) in [5.41, 5.74) is 0.873. The van der Waals surface area contributed by atoms with Crippen LogP contribution in [0.25, 0.3) is 0 Å². The van der Waals surface area contributed by atoms with Crippen LogP contribution in [0.1, 0.15) is 37.7 Å². The van der Waals surface area contributed by atoms with Crippen molar-refractivity contribution in [2.75, 3.05) is 19.6 Å². The molecule has 1 aliphatic carbocycles. The zero-order chi connectivity index (χ0) is 21.0. The Morgan fingerprint density at radius 3 is 2.47 bits per heavy atom. The molecule has 30 heavy (non-hydrogen) atoms. The predicted molar refractivity (Wildman–Crippen MR) is 115 cm³/mol. The molecule has 2 aliphatic rings. The molecule has 6 nitrogen and oxygen atoms in total. The number of pyridine rings is 1. The molecule has 1 saturated heterocycles. The Kier molecular flexibility index (Phi) is 6.20. The van der Waals surface area contributed by atoms with E-state index in [4.69, 9.17) is 0 Å². The smallest absolute Gasteiger partial charge is 0.243 e. The second kappa shape index (κ2) is 8.86. The molecule has 1 atom stereocenters. The van der Waals surface area contributed by atoms with E-state index in [1.165, 1.54) is 0 Å². The molecule has 1 unspecified atom stereocenters. The van der Waals surface area contributed by atoms with Gasteiger partial charge in [0.25, 0.3) is 0 Å². The molecule has 160 valence electrons. The average Bonchev–Trinajstić information content (AvgIpc) is 3.15. The summed E-state index contributed by atoms with van der Waals surface area (Å²) in [6, 6.07) is 12.4. The minimum absolute atomic E-state index is 0.0169. The van der Waals surface area contributed by atoms with E-state index in [2.05, 4.69) is 10.3 Å². The first-order valence-electron chi connectivity index (χ1n) is 10.7. The maximum atomic E-state index is 13.2. The van der Waals surface area contributed by atoms with E-state index in [1.54, 1.807) is 41.0 Å².